The zero-order chi connectivity index (χ0) is 17.6. The van der Waals surface area contributed by atoms with Crippen molar-refractivity contribution in [1.29, 1.82) is 0 Å². The van der Waals surface area contributed by atoms with Crippen LogP contribution in [-0.2, 0) is 7.05 Å². The molecule has 2 aliphatic rings. The van der Waals surface area contributed by atoms with E-state index in [1.807, 2.05) is 0 Å². The van der Waals surface area contributed by atoms with Gasteiger partial charge in [0.2, 0.25) is 0 Å². The van der Waals surface area contributed by atoms with Gasteiger partial charge < -0.3 is 9.88 Å². The number of likely N-dealkylation sites (tertiary alicyclic amines) is 1. The molecule has 2 fully saturated rings. The molecule has 0 bridgehead atoms. The molecule has 2 atom stereocenters. The molecule has 0 unspecified atom stereocenters. The summed E-state index contributed by atoms with van der Waals surface area (Å²) >= 11 is 5.19. The minimum atomic E-state index is -0.136. The summed E-state index contributed by atoms with van der Waals surface area (Å²) in [6, 6.07) is 5.67. The van der Waals surface area contributed by atoms with Gasteiger partial charge in [0.25, 0.3) is 11.5 Å². The third-order valence-electron chi connectivity index (χ3n) is 5.85. The molecule has 1 N–H and O–H groups in total. The fraction of sp³-hybridized carbons (Fsp3) is 0.526. The number of carbonyl (C=O) groups excluding carboxylic acids is 1. The summed E-state index contributed by atoms with van der Waals surface area (Å²) in [6.45, 7) is 0.838. The molecule has 1 aromatic heterocycles. The second-order valence-electron chi connectivity index (χ2n) is 7.31. The lowest BCUT2D eigenvalue weighted by Gasteiger charge is -2.44. The molecule has 1 aliphatic carbocycles. The number of fused-ring (bicyclic) bond motifs is 2. The van der Waals surface area contributed by atoms with E-state index >= 15 is 0 Å². The molecule has 132 valence electrons. The van der Waals surface area contributed by atoms with Crippen molar-refractivity contribution < 1.29 is 4.79 Å². The highest BCUT2D eigenvalue weighted by Crippen LogP contribution is 2.36. The molecule has 1 aliphatic heterocycles. The number of carbonyl (C=O) groups is 1. The normalized spacial score (nSPS) is 23.5. The Morgan fingerprint density at radius 3 is 2.80 bits per heavy atom. The van der Waals surface area contributed by atoms with Gasteiger partial charge in [0, 0.05) is 25.2 Å². The van der Waals surface area contributed by atoms with Gasteiger partial charge in [-0.05, 0) is 62.0 Å². The zero-order valence-electron chi connectivity index (χ0n) is 14.5. The van der Waals surface area contributed by atoms with Crippen molar-refractivity contribution in [2.45, 2.75) is 44.6 Å². The number of nitrogens with zero attached hydrogens (tertiary/aromatic N) is 2. The first kappa shape index (κ1) is 16.5. The molecule has 1 aromatic carbocycles. The van der Waals surface area contributed by atoms with Crippen molar-refractivity contribution in [2.24, 2.45) is 13.0 Å². The smallest absolute Gasteiger partial charge is 0.261 e. The van der Waals surface area contributed by atoms with Crippen LogP contribution in [0.2, 0.25) is 0 Å². The van der Waals surface area contributed by atoms with Crippen molar-refractivity contribution in [1.82, 2.24) is 14.5 Å². The molecule has 6 heteroatoms. The van der Waals surface area contributed by atoms with Crippen LogP contribution in [0.4, 0.5) is 0 Å². The average Bonchev–Trinajstić information content (AvgIpc) is 2.65. The number of nitrogens with one attached hydrogen (secondary N) is 1. The Morgan fingerprint density at radius 1 is 1.20 bits per heavy atom. The molecule has 4 rings (SSSR count). The number of benzene rings is 1. The fourth-order valence-corrected chi connectivity index (χ4v) is 4.67. The van der Waals surface area contributed by atoms with Gasteiger partial charge in [0.15, 0.2) is 4.77 Å². The molecule has 25 heavy (non-hydrogen) atoms. The molecular formula is C19H23N3O2S. The van der Waals surface area contributed by atoms with E-state index < -0.39 is 0 Å². The molecule has 1 amide bonds. The van der Waals surface area contributed by atoms with E-state index in [-0.39, 0.29) is 11.5 Å². The van der Waals surface area contributed by atoms with E-state index in [0.29, 0.717) is 33.2 Å². The first-order chi connectivity index (χ1) is 12.1. The highest BCUT2D eigenvalue weighted by atomic mass is 32.1. The Bertz CT molecular complexity index is 944. The van der Waals surface area contributed by atoms with E-state index in [9.17, 15) is 9.59 Å². The van der Waals surface area contributed by atoms with Gasteiger partial charge >= 0.3 is 0 Å². The minimum absolute atomic E-state index is 0.0819. The summed E-state index contributed by atoms with van der Waals surface area (Å²) in [4.78, 5) is 30.6. The highest BCUT2D eigenvalue weighted by molar-refractivity contribution is 7.71. The van der Waals surface area contributed by atoms with Gasteiger partial charge in [0.05, 0.1) is 10.9 Å². The maximum Gasteiger partial charge on any atom is 0.261 e. The molecule has 1 saturated heterocycles. The van der Waals surface area contributed by atoms with Gasteiger partial charge in [-0.25, -0.2) is 0 Å². The lowest BCUT2D eigenvalue weighted by Crippen LogP contribution is -2.49. The molecular weight excluding hydrogens is 334 g/mol. The van der Waals surface area contributed by atoms with E-state index in [1.54, 1.807) is 25.2 Å². The van der Waals surface area contributed by atoms with Crippen LogP contribution in [0.5, 0.6) is 0 Å². The molecule has 1 saturated carbocycles. The standard InChI is InChI=1S/C19H23N3O2S/c1-21-18(24)14-9-8-13(11-15(14)20-19(21)25)17(23)22-10-4-6-12-5-2-3-7-16(12)22/h8-9,11-12,16H,2-7,10H2,1H3,(H,20,25)/t12-,16-/m0/s1. The van der Waals surface area contributed by atoms with Crippen molar-refractivity contribution in [3.8, 4) is 0 Å². The first-order valence-corrected chi connectivity index (χ1v) is 9.51. The number of aromatic amines is 1. The van der Waals surface area contributed by atoms with Crippen molar-refractivity contribution >= 4 is 29.0 Å². The van der Waals surface area contributed by atoms with Gasteiger partial charge in [-0.3, -0.25) is 14.2 Å². The van der Waals surface area contributed by atoms with Crippen LogP contribution >= 0.6 is 12.2 Å². The number of hydrogen-bond donors (Lipinski definition) is 1. The van der Waals surface area contributed by atoms with Crippen LogP contribution in [0.1, 0.15) is 48.9 Å². The average molecular weight is 357 g/mol. The number of aromatic nitrogens is 2. The maximum atomic E-state index is 13.1. The summed E-state index contributed by atoms with van der Waals surface area (Å²) in [6.07, 6.45) is 7.20. The van der Waals surface area contributed by atoms with Crippen molar-refractivity contribution in [3.63, 3.8) is 0 Å². The Kier molecular flexibility index (Phi) is 4.23. The number of H-pyrrole nitrogens is 1. The summed E-state index contributed by atoms with van der Waals surface area (Å²) in [5.74, 6) is 0.739. The Balaban J connectivity index is 1.71. The minimum Gasteiger partial charge on any atom is -0.335 e. The predicted molar refractivity (Wildman–Crippen MR) is 100 cm³/mol. The van der Waals surface area contributed by atoms with Crippen LogP contribution in [0.15, 0.2) is 23.0 Å². The summed E-state index contributed by atoms with van der Waals surface area (Å²) < 4.78 is 1.78. The number of hydrogen-bond acceptors (Lipinski definition) is 3. The van der Waals surface area contributed by atoms with E-state index in [1.165, 1.54) is 30.3 Å². The summed E-state index contributed by atoms with van der Waals surface area (Å²) in [5, 5.41) is 0.557. The maximum absolute atomic E-state index is 13.1. The van der Waals surface area contributed by atoms with Crippen LogP contribution in [-0.4, -0.2) is 32.9 Å². The number of amides is 1. The highest BCUT2D eigenvalue weighted by Gasteiger charge is 2.36. The van der Waals surface area contributed by atoms with Gasteiger partial charge in [0.1, 0.15) is 0 Å². The third kappa shape index (κ3) is 2.82. The van der Waals surface area contributed by atoms with Crippen molar-refractivity contribution in [3.05, 3.63) is 38.9 Å². The Morgan fingerprint density at radius 2 is 1.96 bits per heavy atom. The first-order valence-electron chi connectivity index (χ1n) is 9.10. The Labute approximate surface area is 151 Å². The summed E-state index contributed by atoms with van der Waals surface area (Å²) in [7, 11) is 1.65. The number of piperidine rings is 1. The quantitative estimate of drug-likeness (QED) is 0.796. The van der Waals surface area contributed by atoms with Gasteiger partial charge in [-0.1, -0.05) is 12.8 Å². The third-order valence-corrected chi connectivity index (χ3v) is 6.23. The topological polar surface area (TPSA) is 58.1 Å². The van der Waals surface area contributed by atoms with Crippen LogP contribution < -0.4 is 5.56 Å². The Hall–Kier alpha value is -1.95. The largest absolute Gasteiger partial charge is 0.335 e. The summed E-state index contributed by atoms with van der Waals surface area (Å²) in [5.41, 5.74) is 1.14. The predicted octanol–water partition coefficient (Wildman–Crippen LogP) is 3.39. The van der Waals surface area contributed by atoms with Crippen LogP contribution in [0, 0.1) is 10.7 Å². The van der Waals surface area contributed by atoms with Crippen LogP contribution in [0.3, 0.4) is 0 Å². The lowest BCUT2D eigenvalue weighted by molar-refractivity contribution is 0.0391. The second kappa shape index (κ2) is 6.41. The fourth-order valence-electron chi connectivity index (χ4n) is 4.48. The SMILES string of the molecule is Cn1c(=S)[nH]c2cc(C(=O)N3CCC[C@@H]4CCCC[C@@H]43)ccc2c1=O. The van der Waals surface area contributed by atoms with Crippen LogP contribution in [0.25, 0.3) is 10.9 Å². The molecule has 0 radical (unpaired) electrons. The van der Waals surface area contributed by atoms with E-state index in [2.05, 4.69) is 9.88 Å². The van der Waals surface area contributed by atoms with E-state index in [0.717, 1.165) is 19.4 Å². The molecule has 0 spiro atoms. The lowest BCUT2D eigenvalue weighted by atomic mass is 9.78. The van der Waals surface area contributed by atoms with Gasteiger partial charge in [-0.2, -0.15) is 0 Å². The number of rotatable bonds is 1. The molecule has 2 heterocycles. The van der Waals surface area contributed by atoms with E-state index in [4.69, 9.17) is 12.2 Å². The zero-order valence-corrected chi connectivity index (χ0v) is 15.3. The molecule has 2 aromatic rings. The molecule has 5 nitrogen and oxygen atoms in total. The van der Waals surface area contributed by atoms with Gasteiger partial charge in [-0.15, -0.1) is 0 Å². The van der Waals surface area contributed by atoms with Crippen molar-refractivity contribution in [2.75, 3.05) is 6.54 Å². The second-order valence-corrected chi connectivity index (χ2v) is 7.69. The monoisotopic (exact) mass is 357 g/mol.